The number of pyridine rings is 1. The van der Waals surface area contributed by atoms with E-state index in [1.807, 2.05) is 13.0 Å². The minimum Gasteiger partial charge on any atom is -0.255 e. The van der Waals surface area contributed by atoms with E-state index in [0.29, 0.717) is 10.9 Å². The van der Waals surface area contributed by atoms with Crippen molar-refractivity contribution in [1.29, 1.82) is 0 Å². The van der Waals surface area contributed by atoms with Crippen LogP contribution in [0.4, 0.5) is 8.78 Å². The van der Waals surface area contributed by atoms with Gasteiger partial charge in [0.25, 0.3) is 10.0 Å². The number of rotatable bonds is 5. The van der Waals surface area contributed by atoms with E-state index in [0.717, 1.165) is 44.1 Å². The van der Waals surface area contributed by atoms with Crippen LogP contribution >= 0.6 is 0 Å². The van der Waals surface area contributed by atoms with Crippen molar-refractivity contribution in [2.75, 3.05) is 0 Å². The SMILES string of the molecule is Cc1cc(-c2cncnc2)ncc1-c1ccc2c(c1)cc(-c1c(F)cccc1F)n2S(=O)(=O)c1ccccc1. The molecule has 3 aromatic carbocycles. The van der Waals surface area contributed by atoms with Crippen LogP contribution in [-0.4, -0.2) is 27.3 Å². The Morgan fingerprint density at radius 3 is 2.18 bits per heavy atom. The predicted octanol–water partition coefficient (Wildman–Crippen LogP) is 6.65. The van der Waals surface area contributed by atoms with Crippen molar-refractivity contribution in [3.8, 4) is 33.6 Å². The lowest BCUT2D eigenvalue weighted by Gasteiger charge is -2.13. The molecule has 0 spiro atoms. The van der Waals surface area contributed by atoms with Gasteiger partial charge in [0.05, 0.1) is 27.4 Å². The molecule has 0 fully saturated rings. The highest BCUT2D eigenvalue weighted by Crippen LogP contribution is 2.37. The molecule has 39 heavy (non-hydrogen) atoms. The first kappa shape index (κ1) is 24.6. The summed E-state index contributed by atoms with van der Waals surface area (Å²) in [6.07, 6.45) is 6.54. The number of hydrogen-bond donors (Lipinski definition) is 0. The largest absolute Gasteiger partial charge is 0.268 e. The molecule has 6 rings (SSSR count). The van der Waals surface area contributed by atoms with Crippen LogP contribution in [0.1, 0.15) is 5.56 Å². The molecule has 3 heterocycles. The van der Waals surface area contributed by atoms with Gasteiger partial charge in [-0.1, -0.05) is 30.3 Å². The van der Waals surface area contributed by atoms with Crippen molar-refractivity contribution in [2.45, 2.75) is 11.8 Å². The average molecular weight is 539 g/mol. The lowest BCUT2D eigenvalue weighted by atomic mass is 10.00. The second-order valence-corrected chi connectivity index (χ2v) is 10.8. The summed E-state index contributed by atoms with van der Waals surface area (Å²) in [5, 5.41) is 0.504. The smallest absolute Gasteiger partial charge is 0.255 e. The number of aryl methyl sites for hydroxylation is 1. The zero-order valence-electron chi connectivity index (χ0n) is 20.6. The fourth-order valence-electron chi connectivity index (χ4n) is 4.68. The molecule has 3 aromatic heterocycles. The van der Waals surface area contributed by atoms with Crippen LogP contribution < -0.4 is 0 Å². The Labute approximate surface area is 223 Å². The molecule has 0 N–H and O–H groups in total. The number of benzene rings is 3. The van der Waals surface area contributed by atoms with E-state index < -0.39 is 27.2 Å². The normalized spacial score (nSPS) is 11.7. The maximum Gasteiger partial charge on any atom is 0.268 e. The number of hydrogen-bond acceptors (Lipinski definition) is 5. The van der Waals surface area contributed by atoms with Gasteiger partial charge in [0.15, 0.2) is 0 Å². The minimum absolute atomic E-state index is 0.00472. The van der Waals surface area contributed by atoms with Gasteiger partial charge in [0, 0.05) is 35.1 Å². The van der Waals surface area contributed by atoms with E-state index in [4.69, 9.17) is 0 Å². The van der Waals surface area contributed by atoms with E-state index in [1.165, 1.54) is 30.6 Å². The van der Waals surface area contributed by atoms with Crippen LogP contribution in [0.2, 0.25) is 0 Å². The highest BCUT2D eigenvalue weighted by molar-refractivity contribution is 7.90. The van der Waals surface area contributed by atoms with Crippen LogP contribution in [0.15, 0.2) is 109 Å². The Morgan fingerprint density at radius 2 is 1.49 bits per heavy atom. The molecule has 0 aliphatic heterocycles. The third kappa shape index (κ3) is 4.26. The molecule has 192 valence electrons. The summed E-state index contributed by atoms with van der Waals surface area (Å²) in [4.78, 5) is 12.6. The van der Waals surface area contributed by atoms with Gasteiger partial charge < -0.3 is 0 Å². The van der Waals surface area contributed by atoms with E-state index in [9.17, 15) is 17.2 Å². The maximum absolute atomic E-state index is 14.9. The quantitative estimate of drug-likeness (QED) is 0.246. The van der Waals surface area contributed by atoms with Gasteiger partial charge in [-0.2, -0.15) is 0 Å². The third-order valence-electron chi connectivity index (χ3n) is 6.54. The van der Waals surface area contributed by atoms with E-state index >= 15 is 0 Å². The first-order valence-electron chi connectivity index (χ1n) is 12.0. The second-order valence-electron chi connectivity index (χ2n) is 8.99. The van der Waals surface area contributed by atoms with Gasteiger partial charge >= 0.3 is 0 Å². The molecule has 0 bridgehead atoms. The van der Waals surface area contributed by atoms with Crippen LogP contribution in [0.25, 0.3) is 44.5 Å². The topological polar surface area (TPSA) is 77.7 Å². The molecular weight excluding hydrogens is 518 g/mol. The van der Waals surface area contributed by atoms with Crippen molar-refractivity contribution < 1.29 is 17.2 Å². The number of nitrogens with zero attached hydrogens (tertiary/aromatic N) is 4. The van der Waals surface area contributed by atoms with Crippen molar-refractivity contribution in [2.24, 2.45) is 0 Å². The van der Waals surface area contributed by atoms with Gasteiger partial charge in [-0.05, 0) is 66.6 Å². The average Bonchev–Trinajstić information content (AvgIpc) is 3.33. The predicted molar refractivity (Wildman–Crippen MR) is 145 cm³/mol. The van der Waals surface area contributed by atoms with E-state index in [2.05, 4.69) is 15.0 Å². The molecule has 0 aliphatic rings. The Kier molecular flexibility index (Phi) is 6.00. The van der Waals surface area contributed by atoms with Gasteiger partial charge in [0.1, 0.15) is 18.0 Å². The molecular formula is C30H20F2N4O2S. The monoisotopic (exact) mass is 538 g/mol. The van der Waals surface area contributed by atoms with Crippen LogP contribution in [-0.2, 0) is 10.0 Å². The zero-order valence-corrected chi connectivity index (χ0v) is 21.4. The van der Waals surface area contributed by atoms with Gasteiger partial charge in [-0.25, -0.2) is 31.1 Å². The fraction of sp³-hybridized carbons (Fsp3) is 0.0333. The Hall–Kier alpha value is -4.76. The molecule has 0 amide bonds. The molecule has 6 aromatic rings. The second kappa shape index (κ2) is 9.52. The van der Waals surface area contributed by atoms with Crippen molar-refractivity contribution in [1.82, 2.24) is 18.9 Å². The summed E-state index contributed by atoms with van der Waals surface area (Å²) >= 11 is 0. The summed E-state index contributed by atoms with van der Waals surface area (Å²) in [5.74, 6) is -1.72. The number of fused-ring (bicyclic) bond motifs is 1. The van der Waals surface area contributed by atoms with Gasteiger partial charge in [0.2, 0.25) is 0 Å². The minimum atomic E-state index is -4.20. The van der Waals surface area contributed by atoms with Crippen LogP contribution in [0.5, 0.6) is 0 Å². The highest BCUT2D eigenvalue weighted by Gasteiger charge is 2.27. The van der Waals surface area contributed by atoms with Crippen LogP contribution in [0, 0.1) is 18.6 Å². The molecule has 0 radical (unpaired) electrons. The number of aromatic nitrogens is 4. The third-order valence-corrected chi connectivity index (χ3v) is 8.28. The fourth-order valence-corrected chi connectivity index (χ4v) is 6.22. The maximum atomic E-state index is 14.9. The Balaban J connectivity index is 1.56. The summed E-state index contributed by atoms with van der Waals surface area (Å²) < 4.78 is 58.5. The van der Waals surface area contributed by atoms with Crippen molar-refractivity contribution in [3.05, 3.63) is 121 Å². The molecule has 9 heteroatoms. The summed E-state index contributed by atoms with van der Waals surface area (Å²) in [5.41, 5.74) is 3.81. The van der Waals surface area contributed by atoms with E-state index in [-0.39, 0.29) is 10.6 Å². The van der Waals surface area contributed by atoms with Crippen molar-refractivity contribution in [3.63, 3.8) is 0 Å². The lowest BCUT2D eigenvalue weighted by molar-refractivity contribution is 0.583. The lowest BCUT2D eigenvalue weighted by Crippen LogP contribution is -2.14. The first-order chi connectivity index (χ1) is 18.8. The van der Waals surface area contributed by atoms with Crippen LogP contribution in [0.3, 0.4) is 0 Å². The molecule has 0 saturated carbocycles. The molecule has 0 saturated heterocycles. The number of halogens is 2. The van der Waals surface area contributed by atoms with E-state index in [1.54, 1.807) is 55.0 Å². The summed E-state index contributed by atoms with van der Waals surface area (Å²) in [7, 11) is -4.20. The molecule has 0 unspecified atom stereocenters. The zero-order chi connectivity index (χ0) is 27.1. The first-order valence-corrected chi connectivity index (χ1v) is 13.4. The van der Waals surface area contributed by atoms with Gasteiger partial charge in [-0.3, -0.25) is 4.98 Å². The highest BCUT2D eigenvalue weighted by atomic mass is 32.2. The molecule has 0 aliphatic carbocycles. The summed E-state index contributed by atoms with van der Waals surface area (Å²) in [6, 6.07) is 19.9. The Morgan fingerprint density at radius 1 is 0.769 bits per heavy atom. The van der Waals surface area contributed by atoms with Gasteiger partial charge in [-0.15, -0.1) is 0 Å². The molecule has 0 atom stereocenters. The standard InChI is InChI=1S/C30H20F2N4O2S/c1-19-12-27(22-15-33-18-34-16-22)35-17-24(19)20-10-11-28-21(13-20)14-29(30-25(31)8-5-9-26(30)32)36(28)39(37,38)23-6-3-2-4-7-23/h2-18H,1H3. The summed E-state index contributed by atoms with van der Waals surface area (Å²) in [6.45, 7) is 1.94. The molecule has 6 nitrogen and oxygen atoms in total. The van der Waals surface area contributed by atoms with Crippen molar-refractivity contribution >= 4 is 20.9 Å². The Bertz CT molecular complexity index is 1940.